The van der Waals surface area contributed by atoms with E-state index in [9.17, 15) is 14.4 Å². The summed E-state index contributed by atoms with van der Waals surface area (Å²) < 4.78 is 0. The number of hydrogen-bond donors (Lipinski definition) is 1. The van der Waals surface area contributed by atoms with Crippen LogP contribution in [0.2, 0.25) is 0 Å². The number of nitrogens with one attached hydrogen (secondary N) is 1. The minimum Gasteiger partial charge on any atom is -0.356 e. The van der Waals surface area contributed by atoms with Gasteiger partial charge in [0.1, 0.15) is 0 Å². The molecule has 0 aromatic carbocycles. The van der Waals surface area contributed by atoms with E-state index in [1.807, 2.05) is 9.80 Å². The van der Waals surface area contributed by atoms with Crippen LogP contribution in [0.4, 0.5) is 0 Å². The predicted molar refractivity (Wildman–Crippen MR) is 106 cm³/mol. The molecule has 7 nitrogen and oxygen atoms in total. The molecule has 2 fully saturated rings. The van der Waals surface area contributed by atoms with E-state index in [0.29, 0.717) is 44.5 Å². The highest BCUT2D eigenvalue weighted by molar-refractivity contribution is 5.94. The molecular weight excluding hydrogens is 356 g/mol. The molecule has 0 spiro atoms. The third-order valence-corrected chi connectivity index (χ3v) is 5.66. The molecule has 0 radical (unpaired) electrons. The zero-order valence-electron chi connectivity index (χ0n) is 16.4. The normalized spacial score (nSPS) is 20.2. The van der Waals surface area contributed by atoms with Gasteiger partial charge in [-0.15, -0.1) is 0 Å². The Balaban J connectivity index is 1.54. The zero-order valence-corrected chi connectivity index (χ0v) is 16.4. The molecule has 2 aliphatic rings. The van der Waals surface area contributed by atoms with E-state index in [2.05, 4.69) is 10.3 Å². The second-order valence-corrected chi connectivity index (χ2v) is 7.64. The molecule has 0 aliphatic carbocycles. The van der Waals surface area contributed by atoms with Crippen LogP contribution in [0, 0.1) is 5.92 Å². The van der Waals surface area contributed by atoms with Gasteiger partial charge in [-0.2, -0.15) is 0 Å². The van der Waals surface area contributed by atoms with Gasteiger partial charge in [-0.05, 0) is 37.8 Å². The first-order valence-electron chi connectivity index (χ1n) is 10.4. The van der Waals surface area contributed by atoms with Crippen LogP contribution in [0.5, 0.6) is 0 Å². The Morgan fingerprint density at radius 1 is 0.929 bits per heavy atom. The fourth-order valence-electron chi connectivity index (χ4n) is 3.93. The van der Waals surface area contributed by atoms with Crippen molar-refractivity contribution in [2.45, 2.75) is 44.9 Å². The average Bonchev–Trinajstić information content (AvgIpc) is 2.79. The van der Waals surface area contributed by atoms with Crippen LogP contribution < -0.4 is 5.32 Å². The van der Waals surface area contributed by atoms with Crippen molar-refractivity contribution in [1.29, 1.82) is 0 Å². The van der Waals surface area contributed by atoms with Crippen LogP contribution in [0.3, 0.4) is 0 Å². The molecule has 2 saturated heterocycles. The molecule has 152 valence electrons. The lowest BCUT2D eigenvalue weighted by molar-refractivity contribution is -0.137. The van der Waals surface area contributed by atoms with Gasteiger partial charge in [-0.25, -0.2) is 0 Å². The molecule has 0 atom stereocenters. The number of rotatable bonds is 2. The van der Waals surface area contributed by atoms with E-state index < -0.39 is 0 Å². The maximum Gasteiger partial charge on any atom is 0.253 e. The zero-order chi connectivity index (χ0) is 19.8. The maximum atomic E-state index is 13.0. The van der Waals surface area contributed by atoms with Gasteiger partial charge in [-0.1, -0.05) is 12.8 Å². The molecule has 1 aromatic heterocycles. The molecule has 28 heavy (non-hydrogen) atoms. The molecule has 3 rings (SSSR count). The molecule has 0 bridgehead atoms. The largest absolute Gasteiger partial charge is 0.356 e. The number of carbonyl (C=O) groups excluding carboxylic acids is 3. The standard InChI is InChI=1S/C21H30N4O3/c26-19-9-16-24(13-4-2-1-3-10-23-19)21(28)18-7-14-25(15-8-18)20(27)17-5-11-22-12-6-17/h5-6,11-12,18H,1-4,7-10,13-16H2,(H,23,26). The van der Waals surface area contributed by atoms with Gasteiger partial charge in [0.25, 0.3) is 5.91 Å². The Morgan fingerprint density at radius 2 is 1.64 bits per heavy atom. The lowest BCUT2D eigenvalue weighted by Gasteiger charge is -2.34. The van der Waals surface area contributed by atoms with Crippen LogP contribution in [0.15, 0.2) is 24.5 Å². The number of nitrogens with zero attached hydrogens (tertiary/aromatic N) is 3. The summed E-state index contributed by atoms with van der Waals surface area (Å²) in [6.07, 6.45) is 9.12. The predicted octanol–water partition coefficient (Wildman–Crippen LogP) is 1.84. The van der Waals surface area contributed by atoms with E-state index in [1.165, 1.54) is 0 Å². The Hall–Kier alpha value is -2.44. The van der Waals surface area contributed by atoms with E-state index in [-0.39, 0.29) is 23.6 Å². The molecule has 3 amide bonds. The summed E-state index contributed by atoms with van der Waals surface area (Å²) in [5.41, 5.74) is 0.637. The van der Waals surface area contributed by atoms with Crippen molar-refractivity contribution >= 4 is 17.7 Å². The van der Waals surface area contributed by atoms with Crippen LogP contribution in [-0.4, -0.2) is 65.2 Å². The summed E-state index contributed by atoms with van der Waals surface area (Å²) in [4.78, 5) is 45.1. The van der Waals surface area contributed by atoms with Crippen molar-refractivity contribution in [1.82, 2.24) is 20.1 Å². The summed E-state index contributed by atoms with van der Waals surface area (Å²) in [6.45, 7) is 3.12. The first-order chi connectivity index (χ1) is 13.6. The number of aromatic nitrogens is 1. The summed E-state index contributed by atoms with van der Waals surface area (Å²) >= 11 is 0. The first-order valence-corrected chi connectivity index (χ1v) is 10.4. The SMILES string of the molecule is O=C1CCN(C(=O)C2CCN(C(=O)c3ccncc3)CC2)CCCCCCN1. The topological polar surface area (TPSA) is 82.6 Å². The molecule has 1 N–H and O–H groups in total. The van der Waals surface area contributed by atoms with Crippen LogP contribution >= 0.6 is 0 Å². The molecule has 0 saturated carbocycles. The van der Waals surface area contributed by atoms with E-state index in [1.54, 1.807) is 24.5 Å². The minimum atomic E-state index is -0.0605. The molecular formula is C21H30N4O3. The molecule has 3 heterocycles. The average molecular weight is 386 g/mol. The molecule has 7 heteroatoms. The number of carbonyl (C=O) groups is 3. The third kappa shape index (κ3) is 5.53. The Bertz CT molecular complexity index is 671. The number of piperidine rings is 1. The maximum absolute atomic E-state index is 13.0. The second kappa shape index (κ2) is 10.2. The van der Waals surface area contributed by atoms with Crippen molar-refractivity contribution < 1.29 is 14.4 Å². The van der Waals surface area contributed by atoms with E-state index in [4.69, 9.17) is 0 Å². The van der Waals surface area contributed by atoms with Crippen molar-refractivity contribution in [3.05, 3.63) is 30.1 Å². The summed E-state index contributed by atoms with van der Waals surface area (Å²) in [5.74, 6) is 0.107. The number of pyridine rings is 1. The lowest BCUT2D eigenvalue weighted by atomic mass is 9.94. The fraction of sp³-hybridized carbons (Fsp3) is 0.619. The van der Waals surface area contributed by atoms with Gasteiger partial charge in [0.2, 0.25) is 11.8 Å². The second-order valence-electron chi connectivity index (χ2n) is 7.64. The van der Waals surface area contributed by atoms with Crippen molar-refractivity contribution in [2.24, 2.45) is 5.92 Å². The van der Waals surface area contributed by atoms with Crippen LogP contribution in [0.25, 0.3) is 0 Å². The monoisotopic (exact) mass is 386 g/mol. The Kier molecular flexibility index (Phi) is 7.39. The van der Waals surface area contributed by atoms with Gasteiger partial charge < -0.3 is 15.1 Å². The van der Waals surface area contributed by atoms with E-state index in [0.717, 1.165) is 38.8 Å². The van der Waals surface area contributed by atoms with Gasteiger partial charge >= 0.3 is 0 Å². The van der Waals surface area contributed by atoms with Crippen molar-refractivity contribution in [3.8, 4) is 0 Å². The summed E-state index contributed by atoms with van der Waals surface area (Å²) in [5, 5.41) is 2.93. The minimum absolute atomic E-state index is 0.000202. The number of likely N-dealkylation sites (tertiary alicyclic amines) is 1. The highest BCUT2D eigenvalue weighted by Crippen LogP contribution is 2.22. The van der Waals surface area contributed by atoms with Gasteiger partial charge in [0, 0.05) is 63.0 Å². The van der Waals surface area contributed by atoms with Gasteiger partial charge in [0.15, 0.2) is 0 Å². The summed E-state index contributed by atoms with van der Waals surface area (Å²) in [7, 11) is 0. The number of amides is 3. The molecule has 0 unspecified atom stereocenters. The molecule has 1 aromatic rings. The molecule has 2 aliphatic heterocycles. The van der Waals surface area contributed by atoms with E-state index >= 15 is 0 Å². The van der Waals surface area contributed by atoms with Crippen LogP contribution in [0.1, 0.15) is 55.3 Å². The number of hydrogen-bond acceptors (Lipinski definition) is 4. The first kappa shape index (κ1) is 20.3. The Labute approximate surface area is 166 Å². The van der Waals surface area contributed by atoms with Crippen molar-refractivity contribution in [2.75, 3.05) is 32.7 Å². The highest BCUT2D eigenvalue weighted by atomic mass is 16.2. The fourth-order valence-corrected chi connectivity index (χ4v) is 3.93. The Morgan fingerprint density at radius 3 is 2.39 bits per heavy atom. The third-order valence-electron chi connectivity index (χ3n) is 5.66. The smallest absolute Gasteiger partial charge is 0.253 e. The quantitative estimate of drug-likeness (QED) is 0.841. The van der Waals surface area contributed by atoms with Crippen LogP contribution in [-0.2, 0) is 9.59 Å². The van der Waals surface area contributed by atoms with Crippen molar-refractivity contribution in [3.63, 3.8) is 0 Å². The lowest BCUT2D eigenvalue weighted by Crippen LogP contribution is -2.45. The summed E-state index contributed by atoms with van der Waals surface area (Å²) in [6, 6.07) is 3.44. The highest BCUT2D eigenvalue weighted by Gasteiger charge is 2.30. The van der Waals surface area contributed by atoms with Gasteiger partial charge in [0.05, 0.1) is 0 Å². The van der Waals surface area contributed by atoms with Gasteiger partial charge in [-0.3, -0.25) is 19.4 Å².